The number of nitrogens with two attached hydrogens (primary N) is 1. The third-order valence-electron chi connectivity index (χ3n) is 3.27. The molecule has 1 aliphatic heterocycles. The van der Waals surface area contributed by atoms with Crippen molar-refractivity contribution in [3.05, 3.63) is 40.4 Å². The number of rotatable bonds is 3. The smallest absolute Gasteiger partial charge is 0.261 e. The van der Waals surface area contributed by atoms with Crippen molar-refractivity contribution in [1.82, 2.24) is 9.88 Å². The lowest BCUT2D eigenvalue weighted by Crippen LogP contribution is -2.30. The SMILES string of the molecule is Cc1ccccc1OCC(=O)N1Cc2nc(N)sc2C1. The number of nitrogen functional groups attached to an aromatic ring is 1. The second kappa shape index (κ2) is 5.13. The topological polar surface area (TPSA) is 68.5 Å². The summed E-state index contributed by atoms with van der Waals surface area (Å²) in [6.07, 6.45) is 0. The predicted molar refractivity (Wildman–Crippen MR) is 77.5 cm³/mol. The van der Waals surface area contributed by atoms with E-state index in [4.69, 9.17) is 10.5 Å². The lowest BCUT2D eigenvalue weighted by atomic mass is 10.2. The number of ether oxygens (including phenoxy) is 1. The average molecular weight is 289 g/mol. The molecule has 5 nitrogen and oxygen atoms in total. The van der Waals surface area contributed by atoms with Gasteiger partial charge in [-0.2, -0.15) is 0 Å². The maximum Gasteiger partial charge on any atom is 0.261 e. The van der Waals surface area contributed by atoms with Crippen LogP contribution in [-0.2, 0) is 17.9 Å². The van der Waals surface area contributed by atoms with Crippen LogP contribution < -0.4 is 10.5 Å². The molecule has 104 valence electrons. The quantitative estimate of drug-likeness (QED) is 0.937. The van der Waals surface area contributed by atoms with Gasteiger partial charge in [-0.1, -0.05) is 18.2 Å². The van der Waals surface area contributed by atoms with Crippen molar-refractivity contribution in [3.8, 4) is 5.75 Å². The molecule has 0 saturated carbocycles. The Labute approximate surface area is 121 Å². The summed E-state index contributed by atoms with van der Waals surface area (Å²) in [6.45, 7) is 3.12. The van der Waals surface area contributed by atoms with Gasteiger partial charge in [0.15, 0.2) is 11.7 Å². The summed E-state index contributed by atoms with van der Waals surface area (Å²) in [6, 6.07) is 7.66. The van der Waals surface area contributed by atoms with Gasteiger partial charge in [0.25, 0.3) is 5.91 Å². The monoisotopic (exact) mass is 289 g/mol. The Morgan fingerprint density at radius 3 is 3.00 bits per heavy atom. The van der Waals surface area contributed by atoms with E-state index in [9.17, 15) is 4.79 Å². The molecule has 2 N–H and O–H groups in total. The average Bonchev–Trinajstić information content (AvgIpc) is 2.94. The molecule has 1 aromatic heterocycles. The third-order valence-corrected chi connectivity index (χ3v) is 4.18. The Bertz CT molecular complexity index is 630. The number of hydrogen-bond acceptors (Lipinski definition) is 5. The normalized spacial score (nSPS) is 13.3. The highest BCUT2D eigenvalue weighted by molar-refractivity contribution is 7.15. The molecule has 1 aromatic carbocycles. The number of aryl methyl sites for hydroxylation is 1. The summed E-state index contributed by atoms with van der Waals surface area (Å²) >= 11 is 1.45. The Hall–Kier alpha value is -2.08. The van der Waals surface area contributed by atoms with Crippen LogP contribution in [0.5, 0.6) is 5.75 Å². The summed E-state index contributed by atoms with van der Waals surface area (Å²) in [4.78, 5) is 19.2. The highest BCUT2D eigenvalue weighted by Crippen LogP contribution is 2.29. The van der Waals surface area contributed by atoms with Gasteiger partial charge in [-0.3, -0.25) is 4.79 Å². The van der Waals surface area contributed by atoms with Crippen LogP contribution in [0, 0.1) is 6.92 Å². The number of hydrogen-bond donors (Lipinski definition) is 1. The summed E-state index contributed by atoms with van der Waals surface area (Å²) in [5, 5.41) is 0.568. The Morgan fingerprint density at radius 2 is 2.25 bits per heavy atom. The number of carbonyl (C=O) groups is 1. The third kappa shape index (κ3) is 2.46. The van der Waals surface area contributed by atoms with Crippen LogP contribution in [-0.4, -0.2) is 22.4 Å². The fourth-order valence-electron chi connectivity index (χ4n) is 2.19. The van der Waals surface area contributed by atoms with Crippen LogP contribution >= 0.6 is 11.3 Å². The van der Waals surface area contributed by atoms with Crippen molar-refractivity contribution in [1.29, 1.82) is 0 Å². The first-order valence-electron chi connectivity index (χ1n) is 6.34. The maximum absolute atomic E-state index is 12.1. The molecule has 0 bridgehead atoms. The number of amides is 1. The van der Waals surface area contributed by atoms with Crippen molar-refractivity contribution < 1.29 is 9.53 Å². The van der Waals surface area contributed by atoms with Gasteiger partial charge in [0.1, 0.15) is 5.75 Å². The van der Waals surface area contributed by atoms with E-state index in [2.05, 4.69) is 4.98 Å². The highest BCUT2D eigenvalue weighted by atomic mass is 32.1. The fourth-order valence-corrected chi connectivity index (χ4v) is 3.04. The van der Waals surface area contributed by atoms with Crippen molar-refractivity contribution in [2.45, 2.75) is 20.0 Å². The van der Waals surface area contributed by atoms with E-state index in [-0.39, 0.29) is 12.5 Å². The minimum atomic E-state index is -0.0305. The van der Waals surface area contributed by atoms with Crippen molar-refractivity contribution in [2.75, 3.05) is 12.3 Å². The molecule has 1 amide bonds. The minimum Gasteiger partial charge on any atom is -0.484 e. The van der Waals surface area contributed by atoms with E-state index in [1.165, 1.54) is 11.3 Å². The first-order valence-corrected chi connectivity index (χ1v) is 7.15. The minimum absolute atomic E-state index is 0.0305. The number of benzene rings is 1. The number of fused-ring (bicyclic) bond motifs is 1. The largest absolute Gasteiger partial charge is 0.484 e. The number of anilines is 1. The lowest BCUT2D eigenvalue weighted by Gasteiger charge is -2.16. The van der Waals surface area contributed by atoms with Gasteiger partial charge in [0, 0.05) is 0 Å². The Balaban J connectivity index is 1.59. The molecule has 0 spiro atoms. The molecule has 0 saturated heterocycles. The van der Waals surface area contributed by atoms with E-state index in [1.54, 1.807) is 4.90 Å². The number of aromatic nitrogens is 1. The zero-order valence-electron chi connectivity index (χ0n) is 11.1. The van der Waals surface area contributed by atoms with Gasteiger partial charge in [-0.15, -0.1) is 11.3 Å². The second-order valence-corrected chi connectivity index (χ2v) is 5.84. The molecule has 6 heteroatoms. The van der Waals surface area contributed by atoms with Crippen LogP contribution in [0.1, 0.15) is 16.1 Å². The van der Waals surface area contributed by atoms with Crippen molar-refractivity contribution in [3.63, 3.8) is 0 Å². The number of para-hydroxylation sites is 1. The first kappa shape index (κ1) is 12.9. The first-order chi connectivity index (χ1) is 9.63. The molecule has 0 atom stereocenters. The summed E-state index contributed by atoms with van der Waals surface area (Å²) < 4.78 is 5.58. The molecule has 0 aliphatic carbocycles. The van der Waals surface area contributed by atoms with Crippen LogP contribution in [0.15, 0.2) is 24.3 Å². The van der Waals surface area contributed by atoms with Gasteiger partial charge >= 0.3 is 0 Å². The van der Waals surface area contributed by atoms with E-state index in [1.807, 2.05) is 31.2 Å². The molecule has 2 heterocycles. The fraction of sp³-hybridized carbons (Fsp3) is 0.286. The van der Waals surface area contributed by atoms with Gasteiger partial charge in [0.05, 0.1) is 23.7 Å². The van der Waals surface area contributed by atoms with E-state index in [0.29, 0.717) is 18.2 Å². The van der Waals surface area contributed by atoms with Crippen molar-refractivity contribution in [2.24, 2.45) is 0 Å². The van der Waals surface area contributed by atoms with Gasteiger partial charge in [-0.25, -0.2) is 4.98 Å². The summed E-state index contributed by atoms with van der Waals surface area (Å²) in [7, 11) is 0. The van der Waals surface area contributed by atoms with Crippen molar-refractivity contribution >= 4 is 22.4 Å². The number of carbonyl (C=O) groups excluding carboxylic acids is 1. The molecule has 0 fully saturated rings. The molecule has 2 aromatic rings. The van der Waals surface area contributed by atoms with E-state index < -0.39 is 0 Å². The second-order valence-electron chi connectivity index (χ2n) is 4.73. The van der Waals surface area contributed by atoms with Crippen LogP contribution in [0.4, 0.5) is 5.13 Å². The van der Waals surface area contributed by atoms with Gasteiger partial charge < -0.3 is 15.4 Å². The number of thiazole rings is 1. The van der Waals surface area contributed by atoms with Crippen LogP contribution in [0.25, 0.3) is 0 Å². The highest BCUT2D eigenvalue weighted by Gasteiger charge is 2.26. The molecular formula is C14H15N3O2S. The van der Waals surface area contributed by atoms with E-state index >= 15 is 0 Å². The Kier molecular flexibility index (Phi) is 3.31. The predicted octanol–water partition coefficient (Wildman–Crippen LogP) is 1.95. The van der Waals surface area contributed by atoms with E-state index in [0.717, 1.165) is 21.9 Å². The molecular weight excluding hydrogens is 274 g/mol. The zero-order valence-corrected chi connectivity index (χ0v) is 11.9. The zero-order chi connectivity index (χ0) is 14.1. The molecule has 0 unspecified atom stereocenters. The molecule has 0 radical (unpaired) electrons. The molecule has 3 rings (SSSR count). The molecule has 1 aliphatic rings. The van der Waals surface area contributed by atoms with Crippen LogP contribution in [0.3, 0.4) is 0 Å². The van der Waals surface area contributed by atoms with Gasteiger partial charge in [-0.05, 0) is 18.6 Å². The number of nitrogens with zero attached hydrogens (tertiary/aromatic N) is 2. The summed E-state index contributed by atoms with van der Waals surface area (Å²) in [5.74, 6) is 0.717. The van der Waals surface area contributed by atoms with Crippen LogP contribution in [0.2, 0.25) is 0 Å². The summed E-state index contributed by atoms with van der Waals surface area (Å²) in [5.41, 5.74) is 7.58. The Morgan fingerprint density at radius 1 is 1.45 bits per heavy atom. The standard InChI is InChI=1S/C14H15N3O2S/c1-9-4-2-3-5-11(9)19-8-13(18)17-6-10-12(7-17)20-14(15)16-10/h2-5H,6-8H2,1H3,(H2,15,16). The van der Waals surface area contributed by atoms with Gasteiger partial charge in [0.2, 0.25) is 0 Å². The maximum atomic E-state index is 12.1. The lowest BCUT2D eigenvalue weighted by molar-refractivity contribution is -0.134. The molecule has 20 heavy (non-hydrogen) atoms.